The van der Waals surface area contributed by atoms with Crippen LogP contribution in [0.2, 0.25) is 0 Å². The molecule has 1 unspecified atom stereocenters. The molecule has 90 valence electrons. The molecule has 17 heavy (non-hydrogen) atoms. The minimum Gasteiger partial charge on any atom is -0.385 e. The first-order valence-electron chi connectivity index (χ1n) is 6.12. The van der Waals surface area contributed by atoms with Gasteiger partial charge in [0, 0.05) is 18.8 Å². The molecule has 1 aromatic rings. The number of benzene rings is 1. The van der Waals surface area contributed by atoms with Gasteiger partial charge in [0.1, 0.15) is 0 Å². The van der Waals surface area contributed by atoms with Gasteiger partial charge in [0.05, 0.1) is 18.2 Å². The van der Waals surface area contributed by atoms with E-state index >= 15 is 0 Å². The second-order valence-electron chi connectivity index (χ2n) is 4.61. The highest BCUT2D eigenvalue weighted by Crippen LogP contribution is 2.17. The van der Waals surface area contributed by atoms with Crippen molar-refractivity contribution in [3.8, 4) is 6.07 Å². The first-order chi connectivity index (χ1) is 8.29. The monoisotopic (exact) mass is 230 g/mol. The van der Waals surface area contributed by atoms with E-state index in [2.05, 4.69) is 11.4 Å². The van der Waals surface area contributed by atoms with Gasteiger partial charge < -0.3 is 10.1 Å². The zero-order chi connectivity index (χ0) is 12.1. The van der Waals surface area contributed by atoms with E-state index < -0.39 is 0 Å². The van der Waals surface area contributed by atoms with Crippen LogP contribution in [0.15, 0.2) is 18.2 Å². The summed E-state index contributed by atoms with van der Waals surface area (Å²) < 4.78 is 5.45. The number of anilines is 1. The molecule has 0 saturated carbocycles. The van der Waals surface area contributed by atoms with Crippen molar-refractivity contribution in [2.24, 2.45) is 5.92 Å². The molecule has 1 aliphatic heterocycles. The lowest BCUT2D eigenvalue weighted by atomic mass is 10.0. The predicted octanol–water partition coefficient (Wildman–Crippen LogP) is 2.71. The second-order valence-corrected chi connectivity index (χ2v) is 4.61. The summed E-state index contributed by atoms with van der Waals surface area (Å²) in [4.78, 5) is 0. The molecule has 1 N–H and O–H groups in total. The van der Waals surface area contributed by atoms with Gasteiger partial charge in [-0.25, -0.2) is 0 Å². The molecular formula is C14H18N2O. The zero-order valence-corrected chi connectivity index (χ0v) is 10.2. The number of ether oxygens (including phenoxy) is 1. The van der Waals surface area contributed by atoms with E-state index in [9.17, 15) is 0 Å². The highest BCUT2D eigenvalue weighted by Gasteiger charge is 2.13. The van der Waals surface area contributed by atoms with Gasteiger partial charge in [-0.05, 0) is 49.4 Å². The second kappa shape index (κ2) is 5.70. The Morgan fingerprint density at radius 2 is 2.41 bits per heavy atom. The standard InChI is InChI=1S/C14H18N2O/c1-11-7-14(5-4-13(11)8-15)16-9-12-3-2-6-17-10-12/h4-5,7,12,16H,2-3,6,9-10H2,1H3. The lowest BCUT2D eigenvalue weighted by Gasteiger charge is -2.22. The van der Waals surface area contributed by atoms with E-state index in [1.165, 1.54) is 12.8 Å². The van der Waals surface area contributed by atoms with Crippen molar-refractivity contribution in [3.63, 3.8) is 0 Å². The number of nitrogens with one attached hydrogen (secondary N) is 1. The van der Waals surface area contributed by atoms with Crippen LogP contribution in [0.3, 0.4) is 0 Å². The van der Waals surface area contributed by atoms with Crippen molar-refractivity contribution in [3.05, 3.63) is 29.3 Å². The Morgan fingerprint density at radius 1 is 1.53 bits per heavy atom. The van der Waals surface area contributed by atoms with Crippen LogP contribution in [0.4, 0.5) is 5.69 Å². The van der Waals surface area contributed by atoms with Gasteiger partial charge in [0.15, 0.2) is 0 Å². The van der Waals surface area contributed by atoms with Crippen LogP contribution >= 0.6 is 0 Å². The first-order valence-corrected chi connectivity index (χ1v) is 6.12. The Balaban J connectivity index is 1.90. The average Bonchev–Trinajstić information content (AvgIpc) is 2.38. The summed E-state index contributed by atoms with van der Waals surface area (Å²) in [5.74, 6) is 0.611. The fourth-order valence-corrected chi connectivity index (χ4v) is 2.13. The highest BCUT2D eigenvalue weighted by molar-refractivity contribution is 5.51. The Kier molecular flexibility index (Phi) is 4.00. The van der Waals surface area contributed by atoms with E-state index in [-0.39, 0.29) is 0 Å². The minimum absolute atomic E-state index is 0.611. The molecule has 1 saturated heterocycles. The quantitative estimate of drug-likeness (QED) is 0.868. The number of rotatable bonds is 3. The SMILES string of the molecule is Cc1cc(NCC2CCCOC2)ccc1C#N. The molecule has 0 bridgehead atoms. The smallest absolute Gasteiger partial charge is 0.0994 e. The van der Waals surface area contributed by atoms with Crippen LogP contribution in [0.1, 0.15) is 24.0 Å². The molecule has 2 rings (SSSR count). The average molecular weight is 230 g/mol. The van der Waals surface area contributed by atoms with Gasteiger partial charge in [0.2, 0.25) is 0 Å². The molecule has 0 radical (unpaired) electrons. The third-order valence-electron chi connectivity index (χ3n) is 3.20. The zero-order valence-electron chi connectivity index (χ0n) is 10.2. The Labute approximate surface area is 102 Å². The molecule has 0 aliphatic carbocycles. The van der Waals surface area contributed by atoms with Crippen LogP contribution in [0, 0.1) is 24.2 Å². The van der Waals surface area contributed by atoms with Crippen molar-refractivity contribution >= 4 is 5.69 Å². The van der Waals surface area contributed by atoms with Gasteiger partial charge in [0.25, 0.3) is 0 Å². The van der Waals surface area contributed by atoms with E-state index in [1.807, 2.05) is 25.1 Å². The van der Waals surface area contributed by atoms with Crippen molar-refractivity contribution in [1.29, 1.82) is 5.26 Å². The summed E-state index contributed by atoms with van der Waals surface area (Å²) in [6.45, 7) is 4.69. The summed E-state index contributed by atoms with van der Waals surface area (Å²) >= 11 is 0. The predicted molar refractivity (Wildman–Crippen MR) is 67.9 cm³/mol. The number of nitrogens with zero attached hydrogens (tertiary/aromatic N) is 1. The van der Waals surface area contributed by atoms with E-state index in [0.717, 1.165) is 36.6 Å². The van der Waals surface area contributed by atoms with Crippen LogP contribution in [-0.2, 0) is 4.74 Å². The maximum atomic E-state index is 8.86. The largest absolute Gasteiger partial charge is 0.385 e. The highest BCUT2D eigenvalue weighted by atomic mass is 16.5. The fourth-order valence-electron chi connectivity index (χ4n) is 2.13. The Morgan fingerprint density at radius 3 is 3.06 bits per heavy atom. The van der Waals surface area contributed by atoms with E-state index in [0.29, 0.717) is 5.92 Å². The van der Waals surface area contributed by atoms with Crippen LogP contribution in [0.25, 0.3) is 0 Å². The molecule has 0 aromatic heterocycles. The number of aryl methyl sites for hydroxylation is 1. The van der Waals surface area contributed by atoms with Gasteiger partial charge in [-0.1, -0.05) is 0 Å². The lowest BCUT2D eigenvalue weighted by Crippen LogP contribution is -2.24. The molecule has 1 aliphatic rings. The Bertz CT molecular complexity index is 417. The molecule has 3 nitrogen and oxygen atoms in total. The van der Waals surface area contributed by atoms with Crippen molar-refractivity contribution < 1.29 is 4.74 Å². The summed E-state index contributed by atoms with van der Waals surface area (Å²) in [6, 6.07) is 8.05. The van der Waals surface area contributed by atoms with Crippen LogP contribution in [-0.4, -0.2) is 19.8 Å². The number of hydrogen-bond acceptors (Lipinski definition) is 3. The maximum Gasteiger partial charge on any atom is 0.0994 e. The fraction of sp³-hybridized carbons (Fsp3) is 0.500. The van der Waals surface area contributed by atoms with Gasteiger partial charge in [-0.3, -0.25) is 0 Å². The maximum absolute atomic E-state index is 8.86. The molecule has 1 heterocycles. The molecule has 1 atom stereocenters. The van der Waals surface area contributed by atoms with Crippen LogP contribution < -0.4 is 5.32 Å². The minimum atomic E-state index is 0.611. The molecule has 1 aromatic carbocycles. The summed E-state index contributed by atoms with van der Waals surface area (Å²) in [5, 5.41) is 12.3. The van der Waals surface area contributed by atoms with Crippen molar-refractivity contribution in [2.45, 2.75) is 19.8 Å². The van der Waals surface area contributed by atoms with E-state index in [4.69, 9.17) is 10.00 Å². The molecule has 0 spiro atoms. The lowest BCUT2D eigenvalue weighted by molar-refractivity contribution is 0.0595. The molecule has 1 fully saturated rings. The third kappa shape index (κ3) is 3.21. The molecule has 0 amide bonds. The summed E-state index contributed by atoms with van der Waals surface area (Å²) in [7, 11) is 0. The normalized spacial score (nSPS) is 19.6. The van der Waals surface area contributed by atoms with Gasteiger partial charge in [-0.15, -0.1) is 0 Å². The van der Waals surface area contributed by atoms with Gasteiger partial charge >= 0.3 is 0 Å². The molecular weight excluding hydrogens is 212 g/mol. The summed E-state index contributed by atoms with van der Waals surface area (Å²) in [5.41, 5.74) is 2.86. The first kappa shape index (κ1) is 11.9. The molecule has 3 heteroatoms. The van der Waals surface area contributed by atoms with E-state index in [1.54, 1.807) is 0 Å². The topological polar surface area (TPSA) is 45.0 Å². The number of nitriles is 1. The summed E-state index contributed by atoms with van der Waals surface area (Å²) in [6.07, 6.45) is 2.40. The van der Waals surface area contributed by atoms with Crippen molar-refractivity contribution in [2.75, 3.05) is 25.1 Å². The number of hydrogen-bond donors (Lipinski definition) is 1. The van der Waals surface area contributed by atoms with Crippen molar-refractivity contribution in [1.82, 2.24) is 0 Å². The van der Waals surface area contributed by atoms with Gasteiger partial charge in [-0.2, -0.15) is 5.26 Å². The van der Waals surface area contributed by atoms with Crippen LogP contribution in [0.5, 0.6) is 0 Å². The third-order valence-corrected chi connectivity index (χ3v) is 3.20. The Hall–Kier alpha value is -1.53.